The Balaban J connectivity index is 1.83. The summed E-state index contributed by atoms with van der Waals surface area (Å²) in [6.07, 6.45) is 1.65. The summed E-state index contributed by atoms with van der Waals surface area (Å²) in [5.74, 6) is 2.48. The number of hydrogen-bond donors (Lipinski definition) is 0. The number of aromatic nitrogens is 5. The molecule has 2 aromatic heterocycles. The second-order valence-electron chi connectivity index (χ2n) is 4.18. The highest BCUT2D eigenvalue weighted by Crippen LogP contribution is 2.27. The molecule has 8 heteroatoms. The Morgan fingerprint density at radius 1 is 1.33 bits per heavy atom. The summed E-state index contributed by atoms with van der Waals surface area (Å²) in [7, 11) is 1.64. The van der Waals surface area contributed by atoms with E-state index < -0.39 is 0 Å². The van der Waals surface area contributed by atoms with Crippen molar-refractivity contribution in [2.75, 3.05) is 7.11 Å². The van der Waals surface area contributed by atoms with Crippen LogP contribution in [0.2, 0.25) is 0 Å². The van der Waals surface area contributed by atoms with Gasteiger partial charge in [-0.2, -0.15) is 4.98 Å². The fourth-order valence-corrected chi connectivity index (χ4v) is 2.60. The number of thioether (sulfide) groups is 1. The van der Waals surface area contributed by atoms with Gasteiger partial charge in [0, 0.05) is 0 Å². The normalized spacial score (nSPS) is 10.8. The highest BCUT2D eigenvalue weighted by molar-refractivity contribution is 7.98. The van der Waals surface area contributed by atoms with Gasteiger partial charge in [0.1, 0.15) is 12.1 Å². The fourth-order valence-electron chi connectivity index (χ4n) is 1.84. The van der Waals surface area contributed by atoms with Crippen molar-refractivity contribution in [1.29, 1.82) is 0 Å². The van der Waals surface area contributed by atoms with Gasteiger partial charge in [0.25, 0.3) is 0 Å². The van der Waals surface area contributed by atoms with Gasteiger partial charge in [-0.05, 0) is 19.1 Å². The van der Waals surface area contributed by atoms with E-state index in [4.69, 9.17) is 9.26 Å². The van der Waals surface area contributed by atoms with Crippen molar-refractivity contribution in [1.82, 2.24) is 24.9 Å². The molecular weight excluding hydrogens is 290 g/mol. The van der Waals surface area contributed by atoms with Crippen molar-refractivity contribution in [3.05, 3.63) is 42.3 Å². The van der Waals surface area contributed by atoms with Gasteiger partial charge in [-0.1, -0.05) is 29.1 Å². The number of hydrogen-bond acceptors (Lipinski definition) is 7. The van der Waals surface area contributed by atoms with Crippen LogP contribution < -0.4 is 4.74 Å². The van der Waals surface area contributed by atoms with Crippen LogP contribution in [0.25, 0.3) is 5.69 Å². The molecule has 0 fully saturated rings. The maximum absolute atomic E-state index is 5.36. The fraction of sp³-hybridized carbons (Fsp3) is 0.231. The minimum atomic E-state index is 0.536. The third kappa shape index (κ3) is 2.89. The molecule has 0 aliphatic heterocycles. The summed E-state index contributed by atoms with van der Waals surface area (Å²) in [5, 5.41) is 12.6. The molecule has 2 heterocycles. The predicted octanol–water partition coefficient (Wildman–Crippen LogP) is 2.26. The zero-order valence-corrected chi connectivity index (χ0v) is 12.4. The molecule has 0 bridgehead atoms. The van der Waals surface area contributed by atoms with E-state index in [0.717, 1.165) is 16.6 Å². The first-order chi connectivity index (χ1) is 10.3. The Morgan fingerprint density at radius 2 is 2.19 bits per heavy atom. The molecule has 0 N–H and O–H groups in total. The van der Waals surface area contributed by atoms with Gasteiger partial charge in [0.05, 0.1) is 18.6 Å². The highest BCUT2D eigenvalue weighted by Gasteiger charge is 2.12. The molecule has 0 aliphatic rings. The van der Waals surface area contributed by atoms with Gasteiger partial charge in [-0.3, -0.25) is 4.57 Å². The summed E-state index contributed by atoms with van der Waals surface area (Å²) in [6.45, 7) is 1.79. The number of benzene rings is 1. The van der Waals surface area contributed by atoms with Crippen molar-refractivity contribution in [3.8, 4) is 11.4 Å². The van der Waals surface area contributed by atoms with Crippen molar-refractivity contribution >= 4 is 11.8 Å². The summed E-state index contributed by atoms with van der Waals surface area (Å²) in [6, 6.07) is 7.70. The van der Waals surface area contributed by atoms with Crippen LogP contribution in [0.5, 0.6) is 5.75 Å². The standard InChI is InChI=1S/C13H13N5O2S/c1-9-15-12(20-17-9)7-21-13-16-14-8-18(13)10-5-3-4-6-11(10)19-2/h3-6,8H,7H2,1-2H3. The van der Waals surface area contributed by atoms with Crippen LogP contribution in [0.15, 0.2) is 40.3 Å². The molecule has 3 rings (SSSR count). The number of aryl methyl sites for hydroxylation is 1. The smallest absolute Gasteiger partial charge is 0.237 e. The molecule has 0 atom stereocenters. The van der Waals surface area contributed by atoms with Crippen molar-refractivity contribution in [2.45, 2.75) is 17.8 Å². The molecule has 0 spiro atoms. The zero-order valence-electron chi connectivity index (χ0n) is 11.6. The summed E-state index contributed by atoms with van der Waals surface area (Å²) < 4.78 is 12.3. The van der Waals surface area contributed by atoms with E-state index >= 15 is 0 Å². The van der Waals surface area contributed by atoms with Gasteiger partial charge >= 0.3 is 0 Å². The third-order valence-electron chi connectivity index (χ3n) is 2.76. The van der Waals surface area contributed by atoms with E-state index in [1.807, 2.05) is 28.8 Å². The summed E-state index contributed by atoms with van der Waals surface area (Å²) in [5.41, 5.74) is 0.884. The molecular formula is C13H13N5O2S. The topological polar surface area (TPSA) is 78.9 Å². The lowest BCUT2D eigenvalue weighted by atomic mass is 10.3. The Kier molecular flexibility index (Phi) is 3.87. The third-order valence-corrected chi connectivity index (χ3v) is 3.68. The van der Waals surface area contributed by atoms with Crippen LogP contribution in [0.3, 0.4) is 0 Å². The molecule has 0 saturated carbocycles. The SMILES string of the molecule is COc1ccccc1-n1cnnc1SCc1nc(C)no1. The van der Waals surface area contributed by atoms with E-state index in [1.165, 1.54) is 11.8 Å². The number of nitrogens with zero attached hydrogens (tertiary/aromatic N) is 5. The van der Waals surface area contributed by atoms with Gasteiger partial charge < -0.3 is 9.26 Å². The molecule has 21 heavy (non-hydrogen) atoms. The van der Waals surface area contributed by atoms with E-state index in [1.54, 1.807) is 20.4 Å². The zero-order chi connectivity index (χ0) is 14.7. The second kappa shape index (κ2) is 5.96. The average Bonchev–Trinajstić information content (AvgIpc) is 3.13. The summed E-state index contributed by atoms with van der Waals surface area (Å²) in [4.78, 5) is 4.17. The molecule has 0 saturated heterocycles. The molecule has 1 aromatic carbocycles. The van der Waals surface area contributed by atoms with E-state index in [2.05, 4.69) is 20.3 Å². The van der Waals surface area contributed by atoms with Crippen molar-refractivity contribution < 1.29 is 9.26 Å². The lowest BCUT2D eigenvalue weighted by Crippen LogP contribution is -1.98. The van der Waals surface area contributed by atoms with E-state index in [9.17, 15) is 0 Å². The molecule has 0 aliphatic carbocycles. The van der Waals surface area contributed by atoms with Crippen LogP contribution >= 0.6 is 11.8 Å². The van der Waals surface area contributed by atoms with Crippen LogP contribution in [-0.4, -0.2) is 32.0 Å². The van der Waals surface area contributed by atoms with Gasteiger partial charge in [0.15, 0.2) is 11.0 Å². The van der Waals surface area contributed by atoms with Gasteiger partial charge in [-0.25, -0.2) is 0 Å². The Bertz CT molecular complexity index is 740. The second-order valence-corrected chi connectivity index (χ2v) is 5.12. The molecule has 108 valence electrons. The quantitative estimate of drug-likeness (QED) is 0.669. The molecule has 0 amide bonds. The van der Waals surface area contributed by atoms with Crippen molar-refractivity contribution in [3.63, 3.8) is 0 Å². The lowest BCUT2D eigenvalue weighted by Gasteiger charge is -2.10. The van der Waals surface area contributed by atoms with E-state index in [-0.39, 0.29) is 0 Å². The highest BCUT2D eigenvalue weighted by atomic mass is 32.2. The first-order valence-corrected chi connectivity index (χ1v) is 7.22. The molecule has 7 nitrogen and oxygen atoms in total. The largest absolute Gasteiger partial charge is 0.495 e. The Hall–Kier alpha value is -2.35. The maximum atomic E-state index is 5.36. The minimum absolute atomic E-state index is 0.536. The predicted molar refractivity (Wildman–Crippen MR) is 76.5 cm³/mol. The van der Waals surface area contributed by atoms with Crippen LogP contribution in [0, 0.1) is 6.92 Å². The van der Waals surface area contributed by atoms with Crippen LogP contribution in [-0.2, 0) is 5.75 Å². The average molecular weight is 303 g/mol. The maximum Gasteiger partial charge on any atom is 0.237 e. The van der Waals surface area contributed by atoms with Crippen molar-refractivity contribution in [2.24, 2.45) is 0 Å². The monoisotopic (exact) mass is 303 g/mol. The first-order valence-electron chi connectivity index (χ1n) is 6.23. The first kappa shape index (κ1) is 13.6. The molecule has 3 aromatic rings. The van der Waals surface area contributed by atoms with Crippen LogP contribution in [0.1, 0.15) is 11.7 Å². The lowest BCUT2D eigenvalue weighted by molar-refractivity contribution is 0.387. The van der Waals surface area contributed by atoms with E-state index in [0.29, 0.717) is 17.5 Å². The van der Waals surface area contributed by atoms with Gasteiger partial charge in [-0.15, -0.1) is 10.2 Å². The summed E-state index contributed by atoms with van der Waals surface area (Å²) >= 11 is 1.47. The molecule has 0 radical (unpaired) electrons. The Morgan fingerprint density at radius 3 is 2.95 bits per heavy atom. The number of rotatable bonds is 5. The minimum Gasteiger partial charge on any atom is -0.495 e. The number of ether oxygens (including phenoxy) is 1. The van der Waals surface area contributed by atoms with Crippen LogP contribution in [0.4, 0.5) is 0 Å². The molecule has 0 unspecified atom stereocenters. The number of para-hydroxylation sites is 2. The number of methoxy groups -OCH3 is 1. The Labute approximate surface area is 125 Å². The van der Waals surface area contributed by atoms with Gasteiger partial charge in [0.2, 0.25) is 5.89 Å².